The van der Waals surface area contributed by atoms with E-state index in [-0.39, 0.29) is 12.5 Å². The number of nitrogens with one attached hydrogen (secondary N) is 1. The quantitative estimate of drug-likeness (QED) is 0.499. The number of fused-ring (bicyclic) bond motifs is 3. The first-order chi connectivity index (χ1) is 14.6. The van der Waals surface area contributed by atoms with Gasteiger partial charge in [0.25, 0.3) is 0 Å². The molecule has 1 amide bonds. The van der Waals surface area contributed by atoms with Crippen LogP contribution in [0, 0.1) is 5.41 Å². The smallest absolute Gasteiger partial charge is 0.407 e. The molecule has 0 spiro atoms. The average Bonchev–Trinajstić information content (AvgIpc) is 3.03. The minimum atomic E-state index is -1.15. The Hall–Kier alpha value is -3.12. The van der Waals surface area contributed by atoms with Crippen molar-refractivity contribution in [1.82, 2.24) is 5.32 Å². The minimum absolute atomic E-state index is 0.0848. The Kier molecular flexibility index (Phi) is 6.23. The van der Waals surface area contributed by atoms with Crippen molar-refractivity contribution in [2.45, 2.75) is 18.9 Å². The highest BCUT2D eigenvalue weighted by molar-refractivity contribution is 5.82. The van der Waals surface area contributed by atoms with Crippen molar-refractivity contribution >= 4 is 12.1 Å². The van der Waals surface area contributed by atoms with Crippen LogP contribution in [-0.2, 0) is 9.53 Å². The van der Waals surface area contributed by atoms with Crippen molar-refractivity contribution in [3.63, 3.8) is 0 Å². The number of carboxylic acid groups (broad SMARTS) is 1. The van der Waals surface area contributed by atoms with Gasteiger partial charge in [0, 0.05) is 5.92 Å². The first kappa shape index (κ1) is 22.6. The molecule has 31 heavy (non-hydrogen) atoms. The largest absolute Gasteiger partial charge is 0.480 e. The van der Waals surface area contributed by atoms with E-state index in [0.29, 0.717) is 11.0 Å². The van der Waals surface area contributed by atoms with Crippen molar-refractivity contribution in [3.8, 4) is 11.1 Å². The molecule has 2 aromatic carbocycles. The molecule has 3 rings (SSSR count). The number of hydrogen-bond donors (Lipinski definition) is 2. The standard InChI is InChI=1S/C25H30N2O4/c1-6-25(2,16-27(3,4)5)22(23(28)29)26-24(30)31-15-21-19-13-9-7-11-17(19)18-12-8-10-14-20(18)21/h6-14,21-22H,1,15-16H2,2-5H3,(H-,26,28,29,30)/p+1/t22-,25-/m1/s1. The lowest BCUT2D eigenvalue weighted by Crippen LogP contribution is -2.57. The van der Waals surface area contributed by atoms with Crippen molar-refractivity contribution in [2.75, 3.05) is 34.3 Å². The minimum Gasteiger partial charge on any atom is -0.480 e. The van der Waals surface area contributed by atoms with Gasteiger partial charge < -0.3 is 19.6 Å². The molecular formula is C25H31N2O4+. The first-order valence-corrected chi connectivity index (χ1v) is 10.3. The van der Waals surface area contributed by atoms with E-state index in [1.165, 1.54) is 0 Å². The molecule has 0 aromatic heterocycles. The van der Waals surface area contributed by atoms with E-state index in [1.54, 1.807) is 13.0 Å². The van der Waals surface area contributed by atoms with Crippen molar-refractivity contribution in [1.29, 1.82) is 0 Å². The van der Waals surface area contributed by atoms with Crippen LogP contribution < -0.4 is 5.32 Å². The third-order valence-corrected chi connectivity index (χ3v) is 5.79. The van der Waals surface area contributed by atoms with Crippen molar-refractivity contribution < 1.29 is 23.9 Å². The predicted molar refractivity (Wildman–Crippen MR) is 121 cm³/mol. The molecule has 164 valence electrons. The van der Waals surface area contributed by atoms with Gasteiger partial charge >= 0.3 is 12.1 Å². The summed E-state index contributed by atoms with van der Waals surface area (Å²) in [4.78, 5) is 24.6. The number of rotatable bonds is 8. The summed E-state index contributed by atoms with van der Waals surface area (Å²) < 4.78 is 6.06. The van der Waals surface area contributed by atoms with Crippen LogP contribution in [-0.4, -0.2) is 62.0 Å². The van der Waals surface area contributed by atoms with Gasteiger partial charge in [0.05, 0.1) is 33.1 Å². The van der Waals surface area contributed by atoms with E-state index in [2.05, 4.69) is 24.0 Å². The second-order valence-corrected chi connectivity index (χ2v) is 9.40. The maximum Gasteiger partial charge on any atom is 0.407 e. The van der Waals surface area contributed by atoms with Crippen molar-refractivity contribution in [3.05, 3.63) is 72.3 Å². The number of alkyl carbamates (subject to hydrolysis) is 1. The Balaban J connectivity index is 1.75. The summed E-state index contributed by atoms with van der Waals surface area (Å²) in [7, 11) is 5.90. The van der Waals surface area contributed by atoms with Crippen LogP contribution in [0.3, 0.4) is 0 Å². The number of carbonyl (C=O) groups is 2. The molecule has 0 unspecified atom stereocenters. The summed E-state index contributed by atoms with van der Waals surface area (Å²) in [5.41, 5.74) is 3.63. The topological polar surface area (TPSA) is 75.6 Å². The van der Waals surface area contributed by atoms with Gasteiger partial charge in [0.2, 0.25) is 0 Å². The summed E-state index contributed by atoms with van der Waals surface area (Å²) in [6, 6.07) is 15.0. The van der Waals surface area contributed by atoms with Gasteiger partial charge in [-0.05, 0) is 29.2 Å². The second kappa shape index (κ2) is 8.55. The second-order valence-electron chi connectivity index (χ2n) is 9.40. The van der Waals surface area contributed by atoms with E-state index >= 15 is 0 Å². The fourth-order valence-corrected chi connectivity index (χ4v) is 4.56. The number of aliphatic carboxylic acids is 1. The molecule has 0 aliphatic heterocycles. The average molecular weight is 424 g/mol. The number of quaternary nitrogens is 1. The maximum atomic E-state index is 12.6. The Morgan fingerprint density at radius 2 is 1.65 bits per heavy atom. The number of carboxylic acids is 1. The number of benzene rings is 2. The highest BCUT2D eigenvalue weighted by Crippen LogP contribution is 2.44. The highest BCUT2D eigenvalue weighted by atomic mass is 16.5. The fourth-order valence-electron chi connectivity index (χ4n) is 4.56. The van der Waals surface area contributed by atoms with Crippen LogP contribution in [0.15, 0.2) is 61.2 Å². The van der Waals surface area contributed by atoms with E-state index in [0.717, 1.165) is 22.3 Å². The molecule has 2 N–H and O–H groups in total. The van der Waals surface area contributed by atoms with Gasteiger partial charge in [0.1, 0.15) is 12.6 Å². The SMILES string of the molecule is C=C[C@](C)(C[N+](C)(C)C)[C@H](NC(=O)OCC1c2ccccc2-c2ccccc21)C(=O)O. The van der Waals surface area contributed by atoms with Crippen LogP contribution in [0.1, 0.15) is 24.0 Å². The van der Waals surface area contributed by atoms with Crippen LogP contribution in [0.2, 0.25) is 0 Å². The summed E-state index contributed by atoms with van der Waals surface area (Å²) >= 11 is 0. The molecule has 0 saturated heterocycles. The molecule has 2 aromatic rings. The van der Waals surface area contributed by atoms with Gasteiger partial charge in [-0.2, -0.15) is 0 Å². The predicted octanol–water partition coefficient (Wildman–Crippen LogP) is 3.88. The number of ether oxygens (including phenoxy) is 1. The zero-order valence-electron chi connectivity index (χ0n) is 18.6. The molecule has 6 heteroatoms. The molecule has 1 aliphatic rings. The molecule has 0 fully saturated rings. The number of amides is 1. The van der Waals surface area contributed by atoms with Crippen LogP contribution in [0.5, 0.6) is 0 Å². The Bertz CT molecular complexity index is 950. The molecule has 0 heterocycles. The highest BCUT2D eigenvalue weighted by Gasteiger charge is 2.42. The zero-order valence-corrected chi connectivity index (χ0v) is 18.6. The summed E-state index contributed by atoms with van der Waals surface area (Å²) in [6.45, 7) is 6.22. The summed E-state index contributed by atoms with van der Waals surface area (Å²) in [5, 5.41) is 12.4. The van der Waals surface area contributed by atoms with E-state index in [4.69, 9.17) is 4.74 Å². The lowest BCUT2D eigenvalue weighted by molar-refractivity contribution is -0.876. The zero-order chi connectivity index (χ0) is 22.8. The van der Waals surface area contributed by atoms with Gasteiger partial charge in [-0.15, -0.1) is 6.58 Å². The fraction of sp³-hybridized carbons (Fsp3) is 0.360. The first-order valence-electron chi connectivity index (χ1n) is 10.3. The summed E-state index contributed by atoms with van der Waals surface area (Å²) in [5.74, 6) is -1.21. The Morgan fingerprint density at radius 3 is 2.10 bits per heavy atom. The Morgan fingerprint density at radius 1 is 1.13 bits per heavy atom. The molecule has 0 radical (unpaired) electrons. The molecule has 0 saturated carbocycles. The lowest BCUT2D eigenvalue weighted by atomic mass is 9.81. The third kappa shape index (κ3) is 4.80. The Labute approximate surface area is 183 Å². The van der Waals surface area contributed by atoms with E-state index in [1.807, 2.05) is 57.5 Å². The van der Waals surface area contributed by atoms with Gasteiger partial charge in [0.15, 0.2) is 0 Å². The van der Waals surface area contributed by atoms with Crippen LogP contribution >= 0.6 is 0 Å². The third-order valence-electron chi connectivity index (χ3n) is 5.79. The normalized spacial score (nSPS) is 15.9. The van der Waals surface area contributed by atoms with Gasteiger partial charge in [-0.1, -0.05) is 54.6 Å². The number of nitrogens with zero attached hydrogens (tertiary/aromatic N) is 1. The number of hydrogen-bond acceptors (Lipinski definition) is 3. The molecule has 0 bridgehead atoms. The number of carbonyl (C=O) groups excluding carboxylic acids is 1. The van der Waals surface area contributed by atoms with Crippen LogP contribution in [0.25, 0.3) is 11.1 Å². The van der Waals surface area contributed by atoms with Crippen molar-refractivity contribution in [2.24, 2.45) is 5.41 Å². The molecule has 6 nitrogen and oxygen atoms in total. The van der Waals surface area contributed by atoms with Gasteiger partial charge in [-0.25, -0.2) is 9.59 Å². The summed E-state index contributed by atoms with van der Waals surface area (Å²) in [6.07, 6.45) is 0.850. The molecular weight excluding hydrogens is 392 g/mol. The van der Waals surface area contributed by atoms with E-state index < -0.39 is 23.5 Å². The lowest BCUT2D eigenvalue weighted by Gasteiger charge is -2.38. The molecule has 1 aliphatic carbocycles. The molecule has 2 atom stereocenters. The van der Waals surface area contributed by atoms with Crippen LogP contribution in [0.4, 0.5) is 4.79 Å². The van der Waals surface area contributed by atoms with Gasteiger partial charge in [-0.3, -0.25) is 0 Å². The van der Waals surface area contributed by atoms with E-state index in [9.17, 15) is 14.7 Å². The monoisotopic (exact) mass is 423 g/mol. The maximum absolute atomic E-state index is 12.6.